The summed E-state index contributed by atoms with van der Waals surface area (Å²) >= 11 is 1.79. The van der Waals surface area contributed by atoms with Gasteiger partial charge in [-0.15, -0.1) is 0 Å². The molecule has 0 spiro atoms. The maximum atomic E-state index is 11.4. The molecule has 1 aliphatic heterocycles. The van der Waals surface area contributed by atoms with E-state index in [0.29, 0.717) is 0 Å². The van der Waals surface area contributed by atoms with Crippen molar-refractivity contribution in [2.24, 2.45) is 0 Å². The molecule has 0 saturated heterocycles. The van der Waals surface area contributed by atoms with E-state index in [-0.39, 0.29) is 16.0 Å². The standard InChI is InChI=1S/C27H20N2O2S/c1-27(2)21-15-17(11-13-19(21)20-14-12-18(29(30)31)16-22(20)27)28-23-7-3-5-9-25(23)32-26-10-6-4-8-24(26)28/h3-16H,1-2H3. The third-order valence-corrected chi connectivity index (χ3v) is 7.67. The summed E-state index contributed by atoms with van der Waals surface area (Å²) in [6.45, 7) is 4.30. The summed E-state index contributed by atoms with van der Waals surface area (Å²) < 4.78 is 0. The highest BCUT2D eigenvalue weighted by Gasteiger charge is 2.37. The van der Waals surface area contributed by atoms with Gasteiger partial charge in [0.25, 0.3) is 5.69 Å². The van der Waals surface area contributed by atoms with E-state index in [2.05, 4.69) is 85.5 Å². The predicted octanol–water partition coefficient (Wildman–Crippen LogP) is 7.84. The molecule has 4 aromatic carbocycles. The highest BCUT2D eigenvalue weighted by atomic mass is 32.2. The van der Waals surface area contributed by atoms with Crippen LogP contribution in [0.1, 0.15) is 25.0 Å². The molecular weight excluding hydrogens is 416 g/mol. The molecule has 1 heterocycles. The maximum Gasteiger partial charge on any atom is 0.269 e. The van der Waals surface area contributed by atoms with Crippen LogP contribution >= 0.6 is 11.8 Å². The van der Waals surface area contributed by atoms with E-state index in [4.69, 9.17) is 0 Å². The van der Waals surface area contributed by atoms with E-state index in [1.54, 1.807) is 23.9 Å². The first kappa shape index (κ1) is 19.1. The molecule has 0 fully saturated rings. The van der Waals surface area contributed by atoms with Crippen molar-refractivity contribution in [3.05, 3.63) is 106 Å². The van der Waals surface area contributed by atoms with Crippen LogP contribution in [0.25, 0.3) is 11.1 Å². The lowest BCUT2D eigenvalue weighted by Gasteiger charge is -2.33. The molecule has 156 valence electrons. The smallest absolute Gasteiger partial charge is 0.269 e. The predicted molar refractivity (Wildman–Crippen MR) is 129 cm³/mol. The average Bonchev–Trinajstić information content (AvgIpc) is 3.03. The lowest BCUT2D eigenvalue weighted by atomic mass is 9.82. The van der Waals surface area contributed by atoms with Crippen molar-refractivity contribution in [1.82, 2.24) is 0 Å². The Morgan fingerprint density at radius 3 is 1.97 bits per heavy atom. The molecule has 0 amide bonds. The fourth-order valence-corrected chi connectivity index (χ4v) is 6.01. The number of nitrogens with zero attached hydrogens (tertiary/aromatic N) is 2. The monoisotopic (exact) mass is 436 g/mol. The number of hydrogen-bond donors (Lipinski definition) is 0. The zero-order valence-electron chi connectivity index (χ0n) is 17.7. The first-order valence-electron chi connectivity index (χ1n) is 10.5. The van der Waals surface area contributed by atoms with Crippen molar-refractivity contribution in [2.75, 3.05) is 4.90 Å². The summed E-state index contributed by atoms with van der Waals surface area (Å²) in [6, 6.07) is 28.8. The summed E-state index contributed by atoms with van der Waals surface area (Å²) in [5, 5.41) is 11.4. The lowest BCUT2D eigenvalue weighted by molar-refractivity contribution is -0.384. The molecule has 1 aliphatic carbocycles. The van der Waals surface area contributed by atoms with Gasteiger partial charge < -0.3 is 4.90 Å². The van der Waals surface area contributed by atoms with Gasteiger partial charge in [-0.05, 0) is 64.7 Å². The summed E-state index contributed by atoms with van der Waals surface area (Å²) in [5.41, 5.74) is 7.68. The largest absolute Gasteiger partial charge is 0.308 e. The number of fused-ring (bicyclic) bond motifs is 5. The van der Waals surface area contributed by atoms with Crippen molar-refractivity contribution in [3.8, 4) is 11.1 Å². The van der Waals surface area contributed by atoms with Gasteiger partial charge in [-0.3, -0.25) is 10.1 Å². The molecule has 2 aliphatic rings. The van der Waals surface area contributed by atoms with Crippen LogP contribution in [0.2, 0.25) is 0 Å². The number of benzene rings is 4. The molecule has 0 unspecified atom stereocenters. The lowest BCUT2D eigenvalue weighted by Crippen LogP contribution is -2.18. The van der Waals surface area contributed by atoms with Crippen LogP contribution in [0, 0.1) is 10.1 Å². The van der Waals surface area contributed by atoms with Crippen LogP contribution in [0.4, 0.5) is 22.7 Å². The van der Waals surface area contributed by atoms with Crippen LogP contribution in [0.5, 0.6) is 0 Å². The van der Waals surface area contributed by atoms with Crippen LogP contribution in [-0.4, -0.2) is 4.92 Å². The number of rotatable bonds is 2. The fourth-order valence-electron chi connectivity index (χ4n) is 4.95. The third kappa shape index (κ3) is 2.64. The minimum atomic E-state index is -0.323. The third-order valence-electron chi connectivity index (χ3n) is 6.54. The number of non-ortho nitro benzene ring substituents is 1. The fraction of sp³-hybridized carbons (Fsp3) is 0.111. The molecule has 32 heavy (non-hydrogen) atoms. The first-order chi connectivity index (χ1) is 15.4. The van der Waals surface area contributed by atoms with Crippen molar-refractivity contribution >= 4 is 34.5 Å². The highest BCUT2D eigenvalue weighted by Crippen LogP contribution is 2.54. The molecular formula is C27H20N2O2S. The molecule has 0 bridgehead atoms. The minimum absolute atomic E-state index is 0.140. The number of para-hydroxylation sites is 2. The van der Waals surface area contributed by atoms with E-state index in [1.807, 2.05) is 6.07 Å². The molecule has 0 aromatic heterocycles. The molecule has 4 aromatic rings. The normalized spacial score (nSPS) is 14.9. The van der Waals surface area contributed by atoms with E-state index in [0.717, 1.165) is 22.4 Å². The topological polar surface area (TPSA) is 46.4 Å². The summed E-state index contributed by atoms with van der Waals surface area (Å²) in [6.07, 6.45) is 0. The number of nitro groups is 1. The zero-order chi connectivity index (χ0) is 22.0. The van der Waals surface area contributed by atoms with Gasteiger partial charge in [0.2, 0.25) is 0 Å². The van der Waals surface area contributed by atoms with Gasteiger partial charge in [-0.1, -0.05) is 55.9 Å². The van der Waals surface area contributed by atoms with Crippen molar-refractivity contribution in [3.63, 3.8) is 0 Å². The Morgan fingerprint density at radius 2 is 1.34 bits per heavy atom. The van der Waals surface area contributed by atoms with E-state index >= 15 is 0 Å². The van der Waals surface area contributed by atoms with Gasteiger partial charge >= 0.3 is 0 Å². The van der Waals surface area contributed by atoms with E-state index in [1.165, 1.54) is 26.7 Å². The van der Waals surface area contributed by atoms with Gasteiger partial charge in [0.05, 0.1) is 16.3 Å². The van der Waals surface area contributed by atoms with Gasteiger partial charge in [0.15, 0.2) is 0 Å². The molecule has 4 nitrogen and oxygen atoms in total. The van der Waals surface area contributed by atoms with Gasteiger partial charge in [0.1, 0.15) is 0 Å². The molecule has 0 atom stereocenters. The highest BCUT2D eigenvalue weighted by molar-refractivity contribution is 7.99. The van der Waals surface area contributed by atoms with Crippen LogP contribution in [0.15, 0.2) is 94.7 Å². The van der Waals surface area contributed by atoms with E-state index < -0.39 is 0 Å². The number of anilines is 3. The maximum absolute atomic E-state index is 11.4. The SMILES string of the molecule is CC1(C)c2cc(N3c4ccccc4Sc4ccccc43)ccc2-c2ccc([N+](=O)[O-])cc21. The molecule has 0 N–H and O–H groups in total. The number of hydrogen-bond acceptors (Lipinski definition) is 4. The quantitative estimate of drug-likeness (QED) is 0.209. The Hall–Kier alpha value is -3.57. The zero-order valence-corrected chi connectivity index (χ0v) is 18.5. The van der Waals surface area contributed by atoms with Crippen molar-refractivity contribution < 1.29 is 4.92 Å². The Labute approximate surface area is 190 Å². The summed E-state index contributed by atoms with van der Waals surface area (Å²) in [7, 11) is 0. The van der Waals surface area contributed by atoms with Crippen LogP contribution < -0.4 is 4.90 Å². The van der Waals surface area contributed by atoms with Crippen molar-refractivity contribution in [2.45, 2.75) is 29.1 Å². The summed E-state index contributed by atoms with van der Waals surface area (Å²) in [5.74, 6) is 0. The van der Waals surface area contributed by atoms with Crippen molar-refractivity contribution in [1.29, 1.82) is 0 Å². The van der Waals surface area contributed by atoms with Crippen LogP contribution in [-0.2, 0) is 5.41 Å². The Balaban J connectivity index is 1.54. The minimum Gasteiger partial charge on any atom is -0.308 e. The molecule has 6 rings (SSSR count). The Bertz CT molecular complexity index is 1380. The Kier molecular flexibility index (Phi) is 4.01. The van der Waals surface area contributed by atoms with Gasteiger partial charge in [-0.25, -0.2) is 0 Å². The van der Waals surface area contributed by atoms with Gasteiger partial charge in [-0.2, -0.15) is 0 Å². The van der Waals surface area contributed by atoms with E-state index in [9.17, 15) is 10.1 Å². The Morgan fingerprint density at radius 1 is 0.781 bits per heavy atom. The summed E-state index contributed by atoms with van der Waals surface area (Å²) in [4.78, 5) is 15.8. The second-order valence-corrected chi connectivity index (χ2v) is 9.80. The van der Waals surface area contributed by atoms with Crippen LogP contribution in [0.3, 0.4) is 0 Å². The van der Waals surface area contributed by atoms with Gasteiger partial charge in [0, 0.05) is 33.0 Å². The molecule has 5 heteroatoms. The molecule has 0 radical (unpaired) electrons. The second kappa shape index (κ2) is 6.71. The average molecular weight is 437 g/mol. The first-order valence-corrected chi connectivity index (χ1v) is 11.4. The molecule has 0 saturated carbocycles. The second-order valence-electron chi connectivity index (χ2n) is 8.71. The number of nitro benzene ring substituents is 1.